The van der Waals surface area contributed by atoms with Gasteiger partial charge in [0.1, 0.15) is 16.0 Å². The van der Waals surface area contributed by atoms with Gasteiger partial charge in [-0.1, -0.05) is 12.1 Å². The normalized spacial score (nSPS) is 19.1. The number of nitrogens with one attached hydrogen (secondary N) is 1. The highest BCUT2D eigenvalue weighted by atomic mass is 32.2. The van der Waals surface area contributed by atoms with Gasteiger partial charge in [-0.25, -0.2) is 0 Å². The SMILES string of the molecule is N#Cc1ccsc1NC(=O)COC(=O)C1CCCN(C2=NS(=O)(=O)c3ccccc32)C1. The summed E-state index contributed by atoms with van der Waals surface area (Å²) < 4.78 is 33.7. The maximum Gasteiger partial charge on any atom is 0.311 e. The first-order valence-electron chi connectivity index (χ1n) is 9.52. The molecule has 1 amide bonds. The Morgan fingerprint density at radius 2 is 2.13 bits per heavy atom. The van der Waals surface area contributed by atoms with Crippen molar-refractivity contribution in [3.8, 4) is 6.07 Å². The second-order valence-corrected chi connectivity index (χ2v) is 9.59. The molecular weight excluding hydrogens is 440 g/mol. The fraction of sp³-hybridized carbons (Fsp3) is 0.300. The number of likely N-dealkylation sites (tertiary alicyclic amines) is 1. The van der Waals surface area contributed by atoms with Crippen LogP contribution in [0.5, 0.6) is 0 Å². The van der Waals surface area contributed by atoms with E-state index in [2.05, 4.69) is 9.71 Å². The van der Waals surface area contributed by atoms with Gasteiger partial charge in [0.2, 0.25) is 0 Å². The van der Waals surface area contributed by atoms with E-state index in [1.165, 1.54) is 17.4 Å². The highest BCUT2D eigenvalue weighted by molar-refractivity contribution is 7.90. The van der Waals surface area contributed by atoms with E-state index in [4.69, 9.17) is 10.00 Å². The van der Waals surface area contributed by atoms with Crippen molar-refractivity contribution in [1.29, 1.82) is 5.26 Å². The van der Waals surface area contributed by atoms with Crippen molar-refractivity contribution in [1.82, 2.24) is 4.90 Å². The fourth-order valence-corrected chi connectivity index (χ4v) is 5.57. The van der Waals surface area contributed by atoms with Gasteiger partial charge >= 0.3 is 5.97 Å². The molecule has 1 unspecified atom stereocenters. The van der Waals surface area contributed by atoms with E-state index in [0.717, 1.165) is 0 Å². The molecule has 0 radical (unpaired) electrons. The van der Waals surface area contributed by atoms with Crippen molar-refractivity contribution in [2.45, 2.75) is 17.7 Å². The topological polar surface area (TPSA) is 129 Å². The van der Waals surface area contributed by atoms with Gasteiger partial charge in [0.15, 0.2) is 12.4 Å². The molecule has 2 aliphatic heterocycles. The molecule has 9 nitrogen and oxygen atoms in total. The van der Waals surface area contributed by atoms with Crippen LogP contribution in [-0.2, 0) is 24.3 Å². The summed E-state index contributed by atoms with van der Waals surface area (Å²) in [6.07, 6.45) is 1.23. The first-order valence-corrected chi connectivity index (χ1v) is 11.8. The number of thiophene rings is 1. The molecule has 0 bridgehead atoms. The van der Waals surface area contributed by atoms with Crippen LogP contribution in [0.3, 0.4) is 0 Å². The molecule has 0 aliphatic carbocycles. The van der Waals surface area contributed by atoms with Gasteiger partial charge in [-0.2, -0.15) is 13.7 Å². The zero-order valence-electron chi connectivity index (χ0n) is 16.3. The number of piperidine rings is 1. The minimum Gasteiger partial charge on any atom is -0.455 e. The van der Waals surface area contributed by atoms with Crippen LogP contribution in [0, 0.1) is 17.2 Å². The van der Waals surface area contributed by atoms with Crippen LogP contribution in [0.25, 0.3) is 0 Å². The molecule has 1 N–H and O–H groups in total. The van der Waals surface area contributed by atoms with Crippen molar-refractivity contribution < 1.29 is 22.7 Å². The molecule has 3 heterocycles. The second kappa shape index (κ2) is 8.49. The minimum absolute atomic E-state index is 0.164. The molecule has 1 atom stereocenters. The van der Waals surface area contributed by atoms with Gasteiger partial charge in [-0.15, -0.1) is 15.7 Å². The Hall–Kier alpha value is -3.23. The third-order valence-electron chi connectivity index (χ3n) is 5.05. The Morgan fingerprint density at radius 1 is 1.32 bits per heavy atom. The summed E-state index contributed by atoms with van der Waals surface area (Å²) in [7, 11) is -3.74. The number of nitrogens with zero attached hydrogens (tertiary/aromatic N) is 3. The van der Waals surface area contributed by atoms with Crippen molar-refractivity contribution in [3.63, 3.8) is 0 Å². The third kappa shape index (κ3) is 4.30. The summed E-state index contributed by atoms with van der Waals surface area (Å²) in [6, 6.07) is 10.2. The highest BCUT2D eigenvalue weighted by Crippen LogP contribution is 2.30. The van der Waals surface area contributed by atoms with Crippen LogP contribution in [0.2, 0.25) is 0 Å². The third-order valence-corrected chi connectivity index (χ3v) is 7.21. The van der Waals surface area contributed by atoms with Crippen molar-refractivity contribution >= 4 is 44.1 Å². The second-order valence-electron chi connectivity index (χ2n) is 7.10. The first kappa shape index (κ1) is 21.0. The van der Waals surface area contributed by atoms with Crippen molar-refractivity contribution in [2.24, 2.45) is 10.3 Å². The summed E-state index contributed by atoms with van der Waals surface area (Å²) in [5.74, 6) is -1.22. The van der Waals surface area contributed by atoms with Crippen molar-refractivity contribution in [2.75, 3.05) is 25.0 Å². The first-order chi connectivity index (χ1) is 14.9. The predicted octanol–water partition coefficient (Wildman–Crippen LogP) is 1.96. The van der Waals surface area contributed by atoms with E-state index in [1.807, 2.05) is 6.07 Å². The maximum atomic E-state index is 12.5. The van der Waals surface area contributed by atoms with E-state index >= 15 is 0 Å². The zero-order valence-corrected chi connectivity index (χ0v) is 17.9. The van der Waals surface area contributed by atoms with Gasteiger partial charge in [0.05, 0.1) is 11.5 Å². The average Bonchev–Trinajstić information content (AvgIpc) is 3.33. The number of nitriles is 1. The van der Waals surface area contributed by atoms with Crippen molar-refractivity contribution in [3.05, 3.63) is 46.8 Å². The molecule has 11 heteroatoms. The lowest BCUT2D eigenvalue weighted by molar-refractivity contribution is -0.152. The number of anilines is 1. The van der Waals surface area contributed by atoms with E-state index in [-0.39, 0.29) is 11.4 Å². The number of amides is 1. The Balaban J connectivity index is 1.37. The van der Waals surface area contributed by atoms with Crippen LogP contribution >= 0.6 is 11.3 Å². The number of ether oxygens (including phenoxy) is 1. The van der Waals surface area contributed by atoms with Gasteiger partial charge in [-0.05, 0) is 36.4 Å². The van der Waals surface area contributed by atoms with E-state index < -0.39 is 34.4 Å². The number of sulfonamides is 1. The van der Waals surface area contributed by atoms with Gasteiger partial charge in [0, 0.05) is 18.7 Å². The van der Waals surface area contributed by atoms with Crippen LogP contribution in [-0.4, -0.2) is 50.7 Å². The molecule has 1 fully saturated rings. The standard InChI is InChI=1S/C20H18N4O5S2/c21-10-13-7-9-30-19(13)22-17(25)12-29-20(26)14-4-3-8-24(11-14)18-15-5-1-2-6-16(15)31(27,28)23-18/h1-2,5-7,9,14H,3-4,8,11-12H2,(H,22,25). The lowest BCUT2D eigenvalue weighted by atomic mass is 9.97. The number of rotatable bonds is 4. The van der Waals surface area contributed by atoms with Gasteiger partial charge in [0.25, 0.3) is 15.9 Å². The molecule has 2 aliphatic rings. The molecule has 160 valence electrons. The number of hydrogen-bond donors (Lipinski definition) is 1. The van der Waals surface area contributed by atoms with Crippen LogP contribution in [0.4, 0.5) is 5.00 Å². The maximum absolute atomic E-state index is 12.5. The summed E-state index contributed by atoms with van der Waals surface area (Å²) in [4.78, 5) is 26.5. The number of benzene rings is 1. The summed E-state index contributed by atoms with van der Waals surface area (Å²) in [5.41, 5.74) is 0.875. The van der Waals surface area contributed by atoms with Crippen LogP contribution in [0.15, 0.2) is 45.0 Å². The Bertz CT molecular complexity index is 1210. The van der Waals surface area contributed by atoms with Crippen LogP contribution < -0.4 is 5.32 Å². The zero-order chi connectivity index (χ0) is 22.0. The average molecular weight is 459 g/mol. The highest BCUT2D eigenvalue weighted by Gasteiger charge is 2.35. The van der Waals surface area contributed by atoms with Gasteiger partial charge < -0.3 is 15.0 Å². The molecule has 1 saturated heterocycles. The fourth-order valence-electron chi connectivity index (χ4n) is 3.59. The van der Waals surface area contributed by atoms with E-state index in [9.17, 15) is 18.0 Å². The minimum atomic E-state index is -3.74. The molecule has 0 saturated carbocycles. The van der Waals surface area contributed by atoms with Crippen LogP contribution in [0.1, 0.15) is 24.0 Å². The molecule has 2 aromatic rings. The number of carbonyl (C=O) groups excluding carboxylic acids is 2. The quantitative estimate of drug-likeness (QED) is 0.694. The predicted molar refractivity (Wildman–Crippen MR) is 113 cm³/mol. The summed E-state index contributed by atoms with van der Waals surface area (Å²) >= 11 is 1.21. The van der Waals surface area contributed by atoms with Gasteiger partial charge in [-0.3, -0.25) is 9.59 Å². The Labute approximate surface area is 183 Å². The number of hydrogen-bond acceptors (Lipinski definition) is 8. The lowest BCUT2D eigenvalue weighted by Gasteiger charge is -2.32. The molecule has 0 spiro atoms. The van der Waals surface area contributed by atoms with E-state index in [0.29, 0.717) is 41.4 Å². The van der Waals surface area contributed by atoms with E-state index in [1.54, 1.807) is 34.5 Å². The monoisotopic (exact) mass is 458 g/mol. The molecule has 31 heavy (non-hydrogen) atoms. The molecule has 4 rings (SSSR count). The number of amidine groups is 1. The Kier molecular flexibility index (Phi) is 5.75. The molecular formula is C20H18N4O5S2. The molecule has 1 aromatic carbocycles. The lowest BCUT2D eigenvalue weighted by Crippen LogP contribution is -2.43. The largest absolute Gasteiger partial charge is 0.455 e. The Morgan fingerprint density at radius 3 is 2.94 bits per heavy atom. The smallest absolute Gasteiger partial charge is 0.311 e. The number of fused-ring (bicyclic) bond motifs is 1. The summed E-state index contributed by atoms with van der Waals surface area (Å²) in [5, 5.41) is 13.6. The number of esters is 1. The summed E-state index contributed by atoms with van der Waals surface area (Å²) in [6.45, 7) is 0.366. The molecule has 1 aromatic heterocycles. The number of carbonyl (C=O) groups is 2.